The minimum Gasteiger partial charge on any atom is -0.368 e. The van der Waals surface area contributed by atoms with Crippen LogP contribution < -0.4 is 11.2 Å². The summed E-state index contributed by atoms with van der Waals surface area (Å²) in [4.78, 5) is 6.60. The van der Waals surface area contributed by atoms with E-state index in [2.05, 4.69) is 10.5 Å². The average Bonchev–Trinajstić information content (AvgIpc) is 3.37. The Labute approximate surface area is 260 Å². The number of alkyl halides is 9. The van der Waals surface area contributed by atoms with Gasteiger partial charge in [0.1, 0.15) is 0 Å². The van der Waals surface area contributed by atoms with Crippen molar-refractivity contribution in [3.05, 3.63) is 74.1 Å². The number of aromatic nitrogens is 1. The van der Waals surface area contributed by atoms with Crippen molar-refractivity contribution < 1.29 is 39.5 Å². The molecule has 0 aliphatic carbocycles. The van der Waals surface area contributed by atoms with Crippen molar-refractivity contribution in [3.8, 4) is 11.3 Å². The number of nitrogens with one attached hydrogen (secondary N) is 1. The molecule has 3 N–H and O–H groups in total. The maximum absolute atomic E-state index is 13.8. The second-order valence-electron chi connectivity index (χ2n) is 10.7. The van der Waals surface area contributed by atoms with Crippen LogP contribution in [0, 0.1) is 0 Å². The van der Waals surface area contributed by atoms with Gasteiger partial charge in [0.15, 0.2) is 0 Å². The number of guanidine groups is 1. The Balaban J connectivity index is 0.00000345. The molecule has 0 bridgehead atoms. The van der Waals surface area contributed by atoms with E-state index in [-0.39, 0.29) is 23.0 Å². The predicted octanol–water partition coefficient (Wildman–Crippen LogP) is 9.20. The molecule has 15 heteroatoms. The summed E-state index contributed by atoms with van der Waals surface area (Å²) in [6, 6.07) is 4.09. The van der Waals surface area contributed by atoms with Gasteiger partial charge >= 0.3 is 18.5 Å². The third kappa shape index (κ3) is 9.75. The summed E-state index contributed by atoms with van der Waals surface area (Å²) in [5.41, 5.74) is 4.35. The lowest BCUT2D eigenvalue weighted by molar-refractivity contribution is -0.143. The molecular weight excluding hydrogens is 633 g/mol. The van der Waals surface area contributed by atoms with Gasteiger partial charge in [-0.2, -0.15) is 39.5 Å². The third-order valence-electron chi connectivity index (χ3n) is 6.28. The third-order valence-corrected chi connectivity index (χ3v) is 7.91. The summed E-state index contributed by atoms with van der Waals surface area (Å²) >= 11 is 1.40. The van der Waals surface area contributed by atoms with Crippen molar-refractivity contribution in [1.82, 2.24) is 15.3 Å². The zero-order chi connectivity index (χ0) is 34.5. The van der Waals surface area contributed by atoms with Gasteiger partial charge in [-0.05, 0) is 47.9 Å². The van der Waals surface area contributed by atoms with Crippen molar-refractivity contribution in [2.75, 3.05) is 7.05 Å². The molecule has 5 nitrogen and oxygen atoms in total. The Kier molecular flexibility index (Phi) is 12.0. The SMILES string of the molecule is CC.CCc1sc(C(C)(C)C)nc1-c1ccc(C(F)(F)F)cc1CN(Cc1cc(C(F)(F)F)cc(C(F)(F)F)c1)/C(N)=N/NC. The number of rotatable bonds is 7. The van der Waals surface area contributed by atoms with Crippen LogP contribution in [0.2, 0.25) is 0 Å². The van der Waals surface area contributed by atoms with Crippen LogP contribution in [0.4, 0.5) is 39.5 Å². The van der Waals surface area contributed by atoms with Crippen LogP contribution in [0.1, 0.15) is 79.2 Å². The molecule has 1 aromatic heterocycles. The van der Waals surface area contributed by atoms with Gasteiger partial charge in [0.2, 0.25) is 5.96 Å². The lowest BCUT2D eigenvalue weighted by Crippen LogP contribution is -2.38. The van der Waals surface area contributed by atoms with E-state index in [4.69, 9.17) is 10.7 Å². The summed E-state index contributed by atoms with van der Waals surface area (Å²) in [6.07, 6.45) is -14.4. The Bertz CT molecular complexity index is 1430. The Morgan fingerprint density at radius 2 is 1.38 bits per heavy atom. The van der Waals surface area contributed by atoms with Crippen LogP contribution in [0.15, 0.2) is 41.5 Å². The topological polar surface area (TPSA) is 66.5 Å². The van der Waals surface area contributed by atoms with Gasteiger partial charge in [-0.25, -0.2) is 4.98 Å². The molecule has 250 valence electrons. The zero-order valence-corrected chi connectivity index (χ0v) is 26.6. The van der Waals surface area contributed by atoms with E-state index in [9.17, 15) is 39.5 Å². The minimum atomic E-state index is -5.09. The number of thiazole rings is 1. The summed E-state index contributed by atoms with van der Waals surface area (Å²) in [5, 5.41) is 4.53. The van der Waals surface area contributed by atoms with Gasteiger partial charge in [-0.15, -0.1) is 16.4 Å². The molecule has 0 aliphatic heterocycles. The fourth-order valence-corrected chi connectivity index (χ4v) is 5.27. The highest BCUT2D eigenvalue weighted by Crippen LogP contribution is 2.40. The van der Waals surface area contributed by atoms with Gasteiger partial charge in [0.05, 0.1) is 27.4 Å². The van der Waals surface area contributed by atoms with Crippen LogP contribution >= 0.6 is 11.3 Å². The molecular formula is C30H36F9N5S. The first-order valence-corrected chi connectivity index (χ1v) is 14.7. The Morgan fingerprint density at radius 1 is 0.844 bits per heavy atom. The van der Waals surface area contributed by atoms with E-state index in [1.807, 2.05) is 41.5 Å². The van der Waals surface area contributed by atoms with Gasteiger partial charge in [0.25, 0.3) is 0 Å². The molecule has 0 saturated heterocycles. The summed E-state index contributed by atoms with van der Waals surface area (Å²) < 4.78 is 122. The smallest absolute Gasteiger partial charge is 0.368 e. The summed E-state index contributed by atoms with van der Waals surface area (Å²) in [5.74, 6) is -0.374. The fourth-order valence-electron chi connectivity index (χ4n) is 4.19. The maximum Gasteiger partial charge on any atom is 0.416 e. The Hall–Kier alpha value is -3.49. The summed E-state index contributed by atoms with van der Waals surface area (Å²) in [7, 11) is 1.35. The molecule has 0 radical (unpaired) electrons. The van der Waals surface area contributed by atoms with E-state index in [0.717, 1.165) is 26.9 Å². The predicted molar refractivity (Wildman–Crippen MR) is 158 cm³/mol. The molecule has 0 spiro atoms. The lowest BCUT2D eigenvalue weighted by atomic mass is 9.97. The molecule has 3 rings (SSSR count). The first-order valence-electron chi connectivity index (χ1n) is 13.9. The maximum atomic E-state index is 13.8. The first kappa shape index (κ1) is 37.7. The molecule has 0 unspecified atom stereocenters. The van der Waals surface area contributed by atoms with E-state index in [0.29, 0.717) is 29.8 Å². The van der Waals surface area contributed by atoms with Crippen molar-refractivity contribution >= 4 is 17.3 Å². The normalized spacial score (nSPS) is 12.9. The van der Waals surface area contributed by atoms with Gasteiger partial charge in [-0.1, -0.05) is 47.6 Å². The fraction of sp³-hybridized carbons (Fsp3) is 0.467. The van der Waals surface area contributed by atoms with Crippen molar-refractivity contribution in [3.63, 3.8) is 0 Å². The highest BCUT2D eigenvalue weighted by Gasteiger charge is 2.37. The number of halogens is 9. The molecule has 0 amide bonds. The van der Waals surface area contributed by atoms with Crippen LogP contribution in [-0.2, 0) is 43.5 Å². The summed E-state index contributed by atoms with van der Waals surface area (Å²) in [6.45, 7) is 10.6. The van der Waals surface area contributed by atoms with Crippen LogP contribution in [0.25, 0.3) is 11.3 Å². The minimum absolute atomic E-state index is 0.00881. The lowest BCUT2D eigenvalue weighted by Gasteiger charge is -2.26. The average molecular weight is 670 g/mol. The number of aryl methyl sites for hydroxylation is 1. The number of hydrazone groups is 1. The van der Waals surface area contributed by atoms with E-state index in [1.54, 1.807) is 0 Å². The standard InChI is InChI=1S/C28H30F9N5S.C2H6/c1-6-21-22(40-23(43-21)25(2,3)4)20-8-7-17(26(29,30)31)11-16(20)14-42(24(38)41-39-5)13-15-9-18(27(32,33)34)12-19(10-15)28(35,36)37;1-2/h7-12,39H,6,13-14H2,1-5H3,(H2,38,41);1-2H3. The van der Waals surface area contributed by atoms with Crippen LogP contribution in [0.5, 0.6) is 0 Å². The molecule has 2 aromatic carbocycles. The molecule has 0 aliphatic rings. The number of hydrogen-bond acceptors (Lipinski definition) is 4. The molecule has 1 heterocycles. The number of hydrogen-bond donors (Lipinski definition) is 2. The molecule has 0 atom stereocenters. The van der Waals surface area contributed by atoms with Crippen molar-refractivity contribution in [2.45, 2.75) is 85.0 Å². The van der Waals surface area contributed by atoms with Gasteiger partial charge in [0, 0.05) is 36.0 Å². The Morgan fingerprint density at radius 3 is 1.82 bits per heavy atom. The number of nitrogens with two attached hydrogens (primary N) is 1. The second kappa shape index (κ2) is 14.3. The monoisotopic (exact) mass is 669 g/mol. The highest BCUT2D eigenvalue weighted by atomic mass is 32.1. The molecule has 0 saturated carbocycles. The highest BCUT2D eigenvalue weighted by molar-refractivity contribution is 7.12. The van der Waals surface area contributed by atoms with Crippen LogP contribution in [0.3, 0.4) is 0 Å². The van der Waals surface area contributed by atoms with Gasteiger partial charge in [-0.3, -0.25) is 0 Å². The number of benzene rings is 2. The van der Waals surface area contributed by atoms with E-state index >= 15 is 0 Å². The molecule has 45 heavy (non-hydrogen) atoms. The second-order valence-corrected chi connectivity index (χ2v) is 11.8. The van der Waals surface area contributed by atoms with Crippen molar-refractivity contribution in [1.29, 1.82) is 0 Å². The van der Waals surface area contributed by atoms with E-state index in [1.165, 1.54) is 24.5 Å². The largest absolute Gasteiger partial charge is 0.416 e. The quantitative estimate of drug-likeness (QED) is 0.114. The van der Waals surface area contributed by atoms with Gasteiger partial charge < -0.3 is 16.1 Å². The van der Waals surface area contributed by atoms with Crippen LogP contribution in [-0.4, -0.2) is 22.9 Å². The molecule has 3 aromatic rings. The van der Waals surface area contributed by atoms with E-state index < -0.39 is 53.9 Å². The first-order chi connectivity index (χ1) is 20.6. The number of nitrogens with zero attached hydrogens (tertiary/aromatic N) is 3. The van der Waals surface area contributed by atoms with Crippen molar-refractivity contribution in [2.24, 2.45) is 10.8 Å². The molecule has 0 fully saturated rings. The zero-order valence-electron chi connectivity index (χ0n) is 25.8.